The van der Waals surface area contributed by atoms with Crippen molar-refractivity contribution in [1.29, 1.82) is 0 Å². The van der Waals surface area contributed by atoms with Crippen molar-refractivity contribution in [3.05, 3.63) is 113 Å². The Hall–Kier alpha value is -5.33. The second-order valence-corrected chi connectivity index (χ2v) is 27.5. The van der Waals surface area contributed by atoms with Gasteiger partial charge in [-0.05, 0) is 126 Å². The minimum absolute atomic E-state index is 0.0105. The number of carbonyl (C=O) groups excluding carboxylic acids is 1. The van der Waals surface area contributed by atoms with Crippen molar-refractivity contribution in [3.63, 3.8) is 0 Å². The van der Waals surface area contributed by atoms with Crippen molar-refractivity contribution in [2.24, 2.45) is 34.0 Å². The van der Waals surface area contributed by atoms with E-state index >= 15 is 0 Å². The summed E-state index contributed by atoms with van der Waals surface area (Å²) in [6, 6.07) is 15.2. The van der Waals surface area contributed by atoms with E-state index in [0.29, 0.717) is 34.7 Å². The van der Waals surface area contributed by atoms with Gasteiger partial charge in [0, 0.05) is 52.8 Å². The van der Waals surface area contributed by atoms with E-state index in [4.69, 9.17) is 8.94 Å². The summed E-state index contributed by atoms with van der Waals surface area (Å²) < 4.78 is 71.6. The summed E-state index contributed by atoms with van der Waals surface area (Å²) in [6.45, 7) is 36.7. The van der Waals surface area contributed by atoms with Gasteiger partial charge in [0.05, 0.1) is 24.4 Å². The number of hydrogen-bond acceptors (Lipinski definition) is 8. The Morgan fingerprint density at radius 3 is 1.89 bits per heavy atom. The highest BCUT2D eigenvalue weighted by Gasteiger charge is 2.62. The molecule has 6 atom stereocenters. The van der Waals surface area contributed by atoms with Crippen LogP contribution in [0.3, 0.4) is 0 Å². The van der Waals surface area contributed by atoms with Crippen LogP contribution in [0.1, 0.15) is 202 Å². The highest BCUT2D eigenvalue weighted by Crippen LogP contribution is 2.71. The highest BCUT2D eigenvalue weighted by atomic mass is 19.3. The summed E-state index contributed by atoms with van der Waals surface area (Å²) in [5, 5.41) is 6.00. The number of halogens is 4. The Balaban J connectivity index is 0.000000140. The van der Waals surface area contributed by atoms with Crippen LogP contribution < -0.4 is 19.9 Å². The van der Waals surface area contributed by atoms with Gasteiger partial charge in [-0.15, -0.1) is 8.78 Å². The van der Waals surface area contributed by atoms with Crippen molar-refractivity contribution in [2.75, 3.05) is 5.01 Å². The van der Waals surface area contributed by atoms with Crippen LogP contribution in [0.5, 0.6) is 11.5 Å². The average molecular weight is 1060 g/mol. The normalized spacial score (nSPS) is 24.0. The first-order valence-corrected chi connectivity index (χ1v) is 27.5. The molecule has 0 radical (unpaired) electrons. The SMILES string of the molecule is CC(C)(C)C12CCCC1C2.CC(C)(C)C1CCc2occ(-c3ccc(F)cc3)c2C1.CC(C)(C)c1cc2c(cc1F)OC(F)(F)O2.CC1CC(=O)NN1c1ncccc1C(C)(C)C.CC1CC1c1cc(C(C)(C)C)on1. The van der Waals surface area contributed by atoms with Crippen LogP contribution in [0, 0.1) is 45.6 Å². The molecule has 4 aliphatic carbocycles. The molecule has 0 spiro atoms. The van der Waals surface area contributed by atoms with Gasteiger partial charge in [-0.3, -0.25) is 15.2 Å². The largest absolute Gasteiger partial charge is 0.586 e. The molecule has 6 unspecified atom stereocenters. The lowest BCUT2D eigenvalue weighted by Crippen LogP contribution is -2.39. The molecule has 13 heteroatoms. The van der Waals surface area contributed by atoms with Gasteiger partial charge in [-0.25, -0.2) is 13.8 Å². The number of benzene rings is 2. The van der Waals surface area contributed by atoms with Gasteiger partial charge in [-0.1, -0.05) is 141 Å². The molecule has 6 aliphatic rings. The molecule has 1 N–H and O–H groups in total. The average Bonchev–Trinajstić information content (AvgIpc) is 3.74. The van der Waals surface area contributed by atoms with E-state index in [1.165, 1.54) is 62.3 Å². The molecular weight excluding hydrogens is 969 g/mol. The third-order valence-corrected chi connectivity index (χ3v) is 16.5. The van der Waals surface area contributed by atoms with Gasteiger partial charge >= 0.3 is 6.29 Å². The standard InChI is InChI=1S/C18H21FO.C13H19N3O.C11H11F3O2.C11H17NO.C10H18/c1-18(2,3)13-6-9-17-15(10-13)16(11-20-17)12-4-7-14(19)8-5-12;1-9-8-11(17)15-16(9)12-10(13(2,3)4)6-5-7-14-12;1-10(2,3)6-4-8-9(5-7(6)12)16-11(13,14)15-8;1-7-5-8(7)9-6-10(13-12-9)11(2,3)4;1-9(2,3)10-6-4-5-8(10)7-10/h4-5,7-8,11,13H,6,9-10H2,1-3H3;5-7,9H,8H2,1-4H3,(H,15,17);4-5H,1-3H3;6-8H,5H2,1-4H3;8H,4-7H2,1-3H3. The fourth-order valence-electron chi connectivity index (χ4n) is 11.3. The van der Waals surface area contributed by atoms with Crippen molar-refractivity contribution in [1.82, 2.24) is 15.6 Å². The first-order chi connectivity index (χ1) is 35.1. The number of hydrazine groups is 1. The zero-order valence-electron chi connectivity index (χ0n) is 48.5. The van der Waals surface area contributed by atoms with E-state index in [1.54, 1.807) is 27.0 Å². The number of aromatic nitrogens is 2. The molecule has 2 aliphatic heterocycles. The maximum absolute atomic E-state index is 13.6. The summed E-state index contributed by atoms with van der Waals surface area (Å²) >= 11 is 0. The summed E-state index contributed by atoms with van der Waals surface area (Å²) in [5.74, 6) is 5.13. The number of furan rings is 1. The molecule has 1 amide bonds. The number of rotatable bonds is 3. The number of aryl methyl sites for hydroxylation is 1. The van der Waals surface area contributed by atoms with Crippen LogP contribution in [-0.2, 0) is 33.9 Å². The number of anilines is 1. The van der Waals surface area contributed by atoms with E-state index in [1.807, 2.05) is 36.4 Å². The fraction of sp³-hybridized carbons (Fsp3) is 0.603. The number of nitrogens with one attached hydrogen (secondary N) is 1. The van der Waals surface area contributed by atoms with Gasteiger partial charge in [0.15, 0.2) is 17.3 Å². The third kappa shape index (κ3) is 13.7. The number of carbonyl (C=O) groups is 1. The minimum atomic E-state index is -3.70. The Labute approximate surface area is 450 Å². The maximum atomic E-state index is 13.6. The molecule has 2 aromatic carbocycles. The minimum Gasteiger partial charge on any atom is -0.468 e. The Bertz CT molecular complexity index is 2800. The molecule has 4 fully saturated rings. The van der Waals surface area contributed by atoms with Gasteiger partial charge in [0.25, 0.3) is 0 Å². The van der Waals surface area contributed by atoms with Crippen molar-refractivity contribution < 1.29 is 40.8 Å². The molecule has 3 aromatic heterocycles. The Morgan fingerprint density at radius 1 is 0.776 bits per heavy atom. The second-order valence-electron chi connectivity index (χ2n) is 27.5. The number of amides is 1. The summed E-state index contributed by atoms with van der Waals surface area (Å²) in [6.07, 6.45) is 11.0. The predicted molar refractivity (Wildman–Crippen MR) is 294 cm³/mol. The molecule has 3 saturated carbocycles. The first-order valence-electron chi connectivity index (χ1n) is 27.5. The molecule has 1 saturated heterocycles. The molecule has 5 aromatic rings. The van der Waals surface area contributed by atoms with Gasteiger partial charge in [0.1, 0.15) is 23.2 Å². The van der Waals surface area contributed by atoms with Crippen LogP contribution in [0.25, 0.3) is 11.1 Å². The van der Waals surface area contributed by atoms with E-state index in [2.05, 4.69) is 127 Å². The molecule has 0 bridgehead atoms. The Kier molecular flexibility index (Phi) is 16.5. The van der Waals surface area contributed by atoms with Crippen LogP contribution >= 0.6 is 0 Å². The number of fused-ring (bicyclic) bond motifs is 3. The molecule has 5 heterocycles. The van der Waals surface area contributed by atoms with Gasteiger partial charge in [-0.2, -0.15) is 0 Å². The van der Waals surface area contributed by atoms with E-state index in [9.17, 15) is 22.4 Å². The lowest BCUT2D eigenvalue weighted by molar-refractivity contribution is -0.286. The van der Waals surface area contributed by atoms with Crippen LogP contribution in [-0.4, -0.2) is 28.4 Å². The first kappa shape index (κ1) is 58.4. The maximum Gasteiger partial charge on any atom is 0.586 e. The molecule has 416 valence electrons. The Morgan fingerprint density at radius 2 is 1.41 bits per heavy atom. The lowest BCUT2D eigenvalue weighted by atomic mass is 9.71. The van der Waals surface area contributed by atoms with Gasteiger partial charge in [0.2, 0.25) is 5.91 Å². The van der Waals surface area contributed by atoms with Crippen molar-refractivity contribution in [3.8, 4) is 22.6 Å². The second kappa shape index (κ2) is 21.5. The summed E-state index contributed by atoms with van der Waals surface area (Å²) in [4.78, 5) is 15.8. The molecule has 76 heavy (non-hydrogen) atoms. The van der Waals surface area contributed by atoms with Crippen molar-refractivity contribution >= 4 is 11.7 Å². The number of hydrogen-bond donors (Lipinski definition) is 1. The van der Waals surface area contributed by atoms with E-state index < -0.39 is 17.5 Å². The van der Waals surface area contributed by atoms with E-state index in [-0.39, 0.29) is 40.1 Å². The summed E-state index contributed by atoms with van der Waals surface area (Å²) in [5.41, 5.74) is 10.3. The zero-order chi connectivity index (χ0) is 56.1. The highest BCUT2D eigenvalue weighted by molar-refractivity contribution is 5.82. The fourth-order valence-corrected chi connectivity index (χ4v) is 11.3. The topological polar surface area (TPSA) is 103 Å². The number of pyridine rings is 1. The molecular formula is C63H86F4N4O5. The third-order valence-electron chi connectivity index (χ3n) is 16.5. The van der Waals surface area contributed by atoms with Crippen LogP contribution in [0.4, 0.5) is 23.4 Å². The van der Waals surface area contributed by atoms with Crippen LogP contribution in [0.15, 0.2) is 76.0 Å². The predicted octanol–water partition coefficient (Wildman–Crippen LogP) is 17.0. The van der Waals surface area contributed by atoms with E-state index in [0.717, 1.165) is 75.9 Å². The monoisotopic (exact) mass is 1050 g/mol. The number of alkyl halides is 2. The quantitative estimate of drug-likeness (QED) is 0.178. The lowest BCUT2D eigenvalue weighted by Gasteiger charge is -2.33. The van der Waals surface area contributed by atoms with Crippen LogP contribution in [0.2, 0.25) is 0 Å². The smallest absolute Gasteiger partial charge is 0.468 e. The zero-order valence-corrected chi connectivity index (χ0v) is 48.5. The number of ether oxygens (including phenoxy) is 2. The molecule has 9 nitrogen and oxygen atoms in total. The number of nitrogens with zero attached hydrogens (tertiary/aromatic N) is 3. The molecule has 11 rings (SSSR count). The summed E-state index contributed by atoms with van der Waals surface area (Å²) in [7, 11) is 0. The van der Waals surface area contributed by atoms with Crippen molar-refractivity contribution in [2.45, 2.75) is 210 Å². The van der Waals surface area contributed by atoms with Gasteiger partial charge < -0.3 is 18.4 Å².